The minimum absolute atomic E-state index is 0.159. The Hall–Kier alpha value is -1.00. The van der Waals surface area contributed by atoms with Crippen LogP contribution >= 0.6 is 23.4 Å². The average molecular weight is 310 g/mol. The van der Waals surface area contributed by atoms with Crippen LogP contribution in [0.4, 0.5) is 0 Å². The molecule has 1 aromatic carbocycles. The molecular weight excluding hydrogens is 294 g/mol. The molecule has 2 fully saturated rings. The van der Waals surface area contributed by atoms with E-state index in [1.54, 1.807) is 6.07 Å². The molecule has 2 saturated heterocycles. The quantitative estimate of drug-likeness (QED) is 0.811. The Bertz CT molecular complexity index is 577. The number of nitrogens with one attached hydrogen (secondary N) is 1. The van der Waals surface area contributed by atoms with Gasteiger partial charge in [0, 0.05) is 27.9 Å². The third kappa shape index (κ3) is 2.25. The van der Waals surface area contributed by atoms with Crippen molar-refractivity contribution in [1.29, 1.82) is 0 Å². The zero-order valence-electron chi connectivity index (χ0n) is 11.2. The predicted molar refractivity (Wildman–Crippen MR) is 80.9 cm³/mol. The van der Waals surface area contributed by atoms with Crippen LogP contribution < -0.4 is 5.32 Å². The number of imide groups is 1. The molecule has 2 aliphatic heterocycles. The maximum absolute atomic E-state index is 12.4. The first-order valence-electron chi connectivity index (χ1n) is 6.71. The van der Waals surface area contributed by atoms with Gasteiger partial charge in [-0.05, 0) is 18.1 Å². The standard InChI is InChI=1S/C15H16ClNO2S/c1-9-6-15(8-20-9)7-12(18)17-14(19)13(15)10-4-2-3-5-11(10)16/h2-5,9,13H,6-8H2,1H3,(H,17,18,19). The van der Waals surface area contributed by atoms with Crippen molar-refractivity contribution in [2.75, 3.05) is 5.75 Å². The van der Waals surface area contributed by atoms with Crippen molar-refractivity contribution in [2.45, 2.75) is 30.9 Å². The predicted octanol–water partition coefficient (Wildman–Crippen LogP) is 2.98. The van der Waals surface area contributed by atoms with Gasteiger partial charge in [-0.15, -0.1) is 0 Å². The van der Waals surface area contributed by atoms with Crippen LogP contribution in [-0.2, 0) is 9.59 Å². The van der Waals surface area contributed by atoms with E-state index >= 15 is 0 Å². The summed E-state index contributed by atoms with van der Waals surface area (Å²) in [5.74, 6) is 0.145. The minimum Gasteiger partial charge on any atom is -0.296 e. The van der Waals surface area contributed by atoms with Crippen LogP contribution in [-0.4, -0.2) is 22.8 Å². The third-order valence-corrected chi connectivity index (χ3v) is 6.04. The fourth-order valence-corrected chi connectivity index (χ4v) is 5.15. The van der Waals surface area contributed by atoms with Crippen LogP contribution in [0, 0.1) is 5.41 Å². The highest BCUT2D eigenvalue weighted by Gasteiger charge is 2.52. The number of piperidine rings is 1. The summed E-state index contributed by atoms with van der Waals surface area (Å²) < 4.78 is 0. The summed E-state index contributed by atoms with van der Waals surface area (Å²) in [6, 6.07) is 7.46. The molecule has 2 amide bonds. The number of benzene rings is 1. The van der Waals surface area contributed by atoms with E-state index in [4.69, 9.17) is 11.6 Å². The molecule has 3 unspecified atom stereocenters. The normalized spacial score (nSPS) is 33.5. The van der Waals surface area contributed by atoms with Gasteiger partial charge >= 0.3 is 0 Å². The zero-order chi connectivity index (χ0) is 14.3. The Morgan fingerprint density at radius 3 is 2.75 bits per heavy atom. The number of amides is 2. The largest absolute Gasteiger partial charge is 0.296 e. The lowest BCUT2D eigenvalue weighted by Gasteiger charge is -2.39. The van der Waals surface area contributed by atoms with E-state index in [9.17, 15) is 9.59 Å². The topological polar surface area (TPSA) is 46.2 Å². The van der Waals surface area contributed by atoms with Gasteiger partial charge in [0.25, 0.3) is 0 Å². The Morgan fingerprint density at radius 1 is 1.35 bits per heavy atom. The van der Waals surface area contributed by atoms with E-state index in [-0.39, 0.29) is 23.1 Å². The van der Waals surface area contributed by atoms with E-state index in [0.29, 0.717) is 16.7 Å². The summed E-state index contributed by atoms with van der Waals surface area (Å²) in [7, 11) is 0. The van der Waals surface area contributed by atoms with Gasteiger partial charge in [-0.3, -0.25) is 14.9 Å². The lowest BCUT2D eigenvalue weighted by molar-refractivity contribution is -0.139. The number of hydrogen-bond acceptors (Lipinski definition) is 3. The van der Waals surface area contributed by atoms with Crippen molar-refractivity contribution in [3.63, 3.8) is 0 Å². The molecule has 0 radical (unpaired) electrons. The molecule has 2 heterocycles. The number of rotatable bonds is 1. The number of hydrogen-bond donors (Lipinski definition) is 1. The van der Waals surface area contributed by atoms with Gasteiger partial charge in [0.15, 0.2) is 0 Å². The number of carbonyl (C=O) groups is 2. The summed E-state index contributed by atoms with van der Waals surface area (Å²) in [6.45, 7) is 2.15. The van der Waals surface area contributed by atoms with E-state index in [1.165, 1.54) is 0 Å². The van der Waals surface area contributed by atoms with Crippen LogP contribution in [0.3, 0.4) is 0 Å². The highest BCUT2D eigenvalue weighted by atomic mass is 35.5. The molecule has 20 heavy (non-hydrogen) atoms. The first kappa shape index (κ1) is 14.0. The molecule has 3 nitrogen and oxygen atoms in total. The second kappa shape index (κ2) is 5.08. The van der Waals surface area contributed by atoms with Gasteiger partial charge in [-0.1, -0.05) is 36.7 Å². The Balaban J connectivity index is 2.07. The molecule has 0 saturated carbocycles. The van der Waals surface area contributed by atoms with Gasteiger partial charge in [-0.25, -0.2) is 0 Å². The monoisotopic (exact) mass is 309 g/mol. The lowest BCUT2D eigenvalue weighted by atomic mass is 9.66. The maximum Gasteiger partial charge on any atom is 0.234 e. The van der Waals surface area contributed by atoms with Crippen molar-refractivity contribution in [2.24, 2.45) is 5.41 Å². The highest BCUT2D eigenvalue weighted by molar-refractivity contribution is 8.00. The molecule has 106 valence electrons. The summed E-state index contributed by atoms with van der Waals surface area (Å²) >= 11 is 8.12. The Kier molecular flexibility index (Phi) is 3.55. The third-order valence-electron chi connectivity index (χ3n) is 4.22. The van der Waals surface area contributed by atoms with Gasteiger partial charge in [-0.2, -0.15) is 11.8 Å². The van der Waals surface area contributed by atoms with Gasteiger partial charge in [0.2, 0.25) is 11.8 Å². The van der Waals surface area contributed by atoms with E-state index in [1.807, 2.05) is 30.0 Å². The van der Waals surface area contributed by atoms with Crippen LogP contribution in [0.1, 0.15) is 31.2 Å². The molecule has 0 aromatic heterocycles. The van der Waals surface area contributed by atoms with Crippen molar-refractivity contribution in [1.82, 2.24) is 5.32 Å². The molecule has 0 bridgehead atoms. The zero-order valence-corrected chi connectivity index (χ0v) is 12.8. The lowest BCUT2D eigenvalue weighted by Crippen LogP contribution is -2.51. The first-order chi connectivity index (χ1) is 9.52. The molecule has 3 atom stereocenters. The van der Waals surface area contributed by atoms with E-state index < -0.39 is 0 Å². The SMILES string of the molecule is CC1CC2(CS1)CC(=O)NC(=O)C2c1ccccc1Cl. The van der Waals surface area contributed by atoms with Crippen molar-refractivity contribution in [3.05, 3.63) is 34.9 Å². The summed E-state index contributed by atoms with van der Waals surface area (Å²) in [6.07, 6.45) is 1.29. The van der Waals surface area contributed by atoms with E-state index in [2.05, 4.69) is 12.2 Å². The fourth-order valence-electron chi connectivity index (χ4n) is 3.46. The van der Waals surface area contributed by atoms with Crippen molar-refractivity contribution in [3.8, 4) is 0 Å². The second-order valence-corrected chi connectivity index (χ2v) is 7.57. The number of halogens is 1. The second-order valence-electron chi connectivity index (χ2n) is 5.73. The highest BCUT2D eigenvalue weighted by Crippen LogP contribution is 2.54. The average Bonchev–Trinajstić information content (AvgIpc) is 2.72. The van der Waals surface area contributed by atoms with Crippen LogP contribution in [0.15, 0.2) is 24.3 Å². The minimum atomic E-state index is -0.327. The summed E-state index contributed by atoms with van der Waals surface area (Å²) in [5.41, 5.74) is 0.558. The van der Waals surface area contributed by atoms with Crippen LogP contribution in [0.2, 0.25) is 5.02 Å². The Labute approximate surface area is 127 Å². The number of thioether (sulfide) groups is 1. The van der Waals surface area contributed by atoms with Crippen LogP contribution in [0.5, 0.6) is 0 Å². The Morgan fingerprint density at radius 2 is 2.10 bits per heavy atom. The molecule has 3 rings (SSSR count). The van der Waals surface area contributed by atoms with Crippen molar-refractivity contribution >= 4 is 35.2 Å². The molecule has 1 aromatic rings. The molecule has 5 heteroatoms. The van der Waals surface area contributed by atoms with E-state index in [0.717, 1.165) is 17.7 Å². The maximum atomic E-state index is 12.4. The molecule has 1 spiro atoms. The van der Waals surface area contributed by atoms with Gasteiger partial charge in [0.1, 0.15) is 0 Å². The molecular formula is C15H16ClNO2S. The van der Waals surface area contributed by atoms with Gasteiger partial charge < -0.3 is 0 Å². The molecule has 0 aliphatic carbocycles. The fraction of sp³-hybridized carbons (Fsp3) is 0.467. The van der Waals surface area contributed by atoms with Gasteiger partial charge in [0.05, 0.1) is 5.92 Å². The summed E-state index contributed by atoms with van der Waals surface area (Å²) in [5, 5.41) is 3.55. The number of carbonyl (C=O) groups excluding carboxylic acids is 2. The molecule has 2 aliphatic rings. The smallest absolute Gasteiger partial charge is 0.234 e. The summed E-state index contributed by atoms with van der Waals surface area (Å²) in [4.78, 5) is 24.3. The first-order valence-corrected chi connectivity index (χ1v) is 8.14. The van der Waals surface area contributed by atoms with Crippen molar-refractivity contribution < 1.29 is 9.59 Å². The molecule has 1 N–H and O–H groups in total. The van der Waals surface area contributed by atoms with Crippen LogP contribution in [0.25, 0.3) is 0 Å².